The number of hydrogen-bond acceptors (Lipinski definition) is 6. The number of rotatable bonds is 4. The predicted octanol–water partition coefficient (Wildman–Crippen LogP) is 5.76. The second kappa shape index (κ2) is 13.2. The van der Waals surface area contributed by atoms with Crippen LogP contribution in [0.15, 0.2) is 42.6 Å². The van der Waals surface area contributed by atoms with E-state index in [-0.39, 0.29) is 37.2 Å². The first-order valence-corrected chi connectivity index (χ1v) is 13.3. The third-order valence-corrected chi connectivity index (χ3v) is 8.27. The van der Waals surface area contributed by atoms with Crippen LogP contribution in [0.4, 0.5) is 5.82 Å². The molecule has 7 nitrogen and oxygen atoms in total. The topological polar surface area (TPSA) is 53.3 Å². The van der Waals surface area contributed by atoms with Crippen molar-refractivity contribution in [3.05, 3.63) is 64.8 Å². The van der Waals surface area contributed by atoms with Crippen molar-refractivity contribution in [3.63, 3.8) is 0 Å². The lowest BCUT2D eigenvalue weighted by molar-refractivity contribution is 0.166. The summed E-state index contributed by atoms with van der Waals surface area (Å²) in [7, 11) is 0. The summed E-state index contributed by atoms with van der Waals surface area (Å²) in [5.74, 6) is 3.60. The van der Waals surface area contributed by atoms with Gasteiger partial charge in [-0.25, -0.2) is 4.98 Å². The van der Waals surface area contributed by atoms with Gasteiger partial charge in [-0.05, 0) is 69.0 Å². The molecule has 0 radical (unpaired) electrons. The fourth-order valence-electron chi connectivity index (χ4n) is 6.02. The fraction of sp³-hybridized carbons (Fsp3) is 0.519. The Hall–Kier alpha value is -1.61. The van der Waals surface area contributed by atoms with E-state index in [2.05, 4.69) is 62.4 Å². The summed E-state index contributed by atoms with van der Waals surface area (Å²) < 4.78 is 2.35. The average Bonchev–Trinajstić information content (AvgIpc) is 3.50. The van der Waals surface area contributed by atoms with Crippen molar-refractivity contribution in [2.24, 2.45) is 0 Å². The summed E-state index contributed by atoms with van der Waals surface area (Å²) in [4.78, 5) is 12.1. The van der Waals surface area contributed by atoms with Crippen LogP contribution in [0.25, 0.3) is 5.69 Å². The van der Waals surface area contributed by atoms with E-state index in [0.29, 0.717) is 18.0 Å². The van der Waals surface area contributed by atoms with E-state index in [0.717, 1.165) is 74.6 Å². The molecular formula is C27H37Cl4N7. The second-order valence-corrected chi connectivity index (χ2v) is 10.9. The first kappa shape index (κ1) is 30.9. The summed E-state index contributed by atoms with van der Waals surface area (Å²) >= 11 is 6.49. The quantitative estimate of drug-likeness (QED) is 0.379. The summed E-state index contributed by atoms with van der Waals surface area (Å²) in [5.41, 5.74) is 2.46. The Bertz CT molecular complexity index is 1180. The van der Waals surface area contributed by atoms with Gasteiger partial charge in [0.1, 0.15) is 11.6 Å². The molecule has 1 unspecified atom stereocenters. The van der Waals surface area contributed by atoms with Gasteiger partial charge in [0.25, 0.3) is 0 Å². The molecule has 0 bridgehead atoms. The van der Waals surface area contributed by atoms with Gasteiger partial charge in [0.05, 0.1) is 12.2 Å². The lowest BCUT2D eigenvalue weighted by atomic mass is 9.95. The fourth-order valence-corrected chi connectivity index (χ4v) is 6.21. The van der Waals surface area contributed by atoms with Gasteiger partial charge < -0.3 is 4.90 Å². The first-order valence-electron chi connectivity index (χ1n) is 12.9. The standard InChI is InChI=1S/C27H34ClN7.3ClH/c1-19(2)33-14-10-23(17-33)34-16-21-15-22(28)6-7-24(21)35-26(18-34)30-31-27(35)20-8-12-32(13-9-20)25-5-3-4-11-29-25;;;/h3-7,11,15,19-20,23H,8-10,12-14,16-18H2,1-2H3;3*1H. The normalized spacial score (nSPS) is 20.1. The van der Waals surface area contributed by atoms with Gasteiger partial charge in [-0.1, -0.05) is 17.7 Å². The van der Waals surface area contributed by atoms with Crippen LogP contribution in [0.5, 0.6) is 0 Å². The number of hydrogen-bond donors (Lipinski definition) is 0. The third kappa shape index (κ3) is 6.08. The van der Waals surface area contributed by atoms with Crippen LogP contribution in [-0.4, -0.2) is 67.8 Å². The zero-order chi connectivity index (χ0) is 23.9. The SMILES string of the molecule is CC(C)N1CCC(N2Cc3cc(Cl)ccc3-n3c(nnc3C3CCN(c4ccccn4)CC3)C2)C1.Cl.Cl.Cl. The Labute approximate surface area is 249 Å². The number of pyridine rings is 1. The van der Waals surface area contributed by atoms with E-state index in [1.807, 2.05) is 18.3 Å². The summed E-state index contributed by atoms with van der Waals surface area (Å²) in [6, 6.07) is 13.5. The summed E-state index contributed by atoms with van der Waals surface area (Å²) in [5, 5.41) is 10.4. The van der Waals surface area contributed by atoms with E-state index < -0.39 is 0 Å². The molecule has 0 amide bonds. The molecule has 2 fully saturated rings. The lowest BCUT2D eigenvalue weighted by Gasteiger charge is -2.32. The van der Waals surface area contributed by atoms with Crippen LogP contribution >= 0.6 is 48.8 Å². The summed E-state index contributed by atoms with van der Waals surface area (Å²) in [6.45, 7) is 10.5. The molecule has 208 valence electrons. The highest BCUT2D eigenvalue weighted by molar-refractivity contribution is 6.30. The Kier molecular flexibility index (Phi) is 10.7. The van der Waals surface area contributed by atoms with Gasteiger partial charge >= 0.3 is 0 Å². The Morgan fingerprint density at radius 2 is 1.71 bits per heavy atom. The van der Waals surface area contributed by atoms with Crippen molar-refractivity contribution in [1.29, 1.82) is 0 Å². The maximum Gasteiger partial charge on any atom is 0.151 e. The van der Waals surface area contributed by atoms with Crippen LogP contribution in [0.2, 0.25) is 5.02 Å². The van der Waals surface area contributed by atoms with Crippen LogP contribution in [0, 0.1) is 0 Å². The Morgan fingerprint density at radius 3 is 2.39 bits per heavy atom. The minimum atomic E-state index is 0. The third-order valence-electron chi connectivity index (χ3n) is 8.03. The molecule has 0 saturated carbocycles. The van der Waals surface area contributed by atoms with Gasteiger partial charge in [0.15, 0.2) is 5.82 Å². The van der Waals surface area contributed by atoms with E-state index in [9.17, 15) is 0 Å². The van der Waals surface area contributed by atoms with Crippen LogP contribution < -0.4 is 4.90 Å². The molecule has 3 aromatic rings. The molecule has 3 aliphatic heterocycles. The lowest BCUT2D eigenvalue weighted by Crippen LogP contribution is -2.38. The molecule has 2 saturated heterocycles. The number of anilines is 1. The molecule has 1 atom stereocenters. The highest BCUT2D eigenvalue weighted by atomic mass is 35.5. The highest BCUT2D eigenvalue weighted by Crippen LogP contribution is 2.35. The molecule has 38 heavy (non-hydrogen) atoms. The number of halogens is 4. The largest absolute Gasteiger partial charge is 0.357 e. The van der Waals surface area contributed by atoms with Crippen LogP contribution in [0.3, 0.4) is 0 Å². The molecule has 0 aliphatic carbocycles. The van der Waals surface area contributed by atoms with Crippen molar-refractivity contribution in [2.75, 3.05) is 31.1 Å². The molecular weight excluding hydrogens is 564 g/mol. The highest BCUT2D eigenvalue weighted by Gasteiger charge is 2.34. The molecule has 3 aliphatic rings. The van der Waals surface area contributed by atoms with Crippen molar-refractivity contribution in [2.45, 2.75) is 64.2 Å². The minimum Gasteiger partial charge on any atom is -0.357 e. The predicted molar refractivity (Wildman–Crippen MR) is 161 cm³/mol. The average molecular weight is 601 g/mol. The van der Waals surface area contributed by atoms with Gasteiger partial charge in [-0.3, -0.25) is 14.4 Å². The molecule has 1 aromatic carbocycles. The summed E-state index contributed by atoms with van der Waals surface area (Å²) in [6.07, 6.45) is 5.17. The molecule has 5 heterocycles. The minimum absolute atomic E-state index is 0. The van der Waals surface area contributed by atoms with E-state index in [4.69, 9.17) is 21.8 Å². The van der Waals surface area contributed by atoms with Crippen molar-refractivity contribution < 1.29 is 0 Å². The molecule has 0 N–H and O–H groups in total. The van der Waals surface area contributed by atoms with E-state index in [1.54, 1.807) is 0 Å². The van der Waals surface area contributed by atoms with Crippen LogP contribution in [-0.2, 0) is 13.1 Å². The van der Waals surface area contributed by atoms with Crippen LogP contribution in [0.1, 0.15) is 56.2 Å². The van der Waals surface area contributed by atoms with E-state index in [1.165, 1.54) is 17.7 Å². The molecule has 0 spiro atoms. The number of likely N-dealkylation sites (tertiary alicyclic amines) is 1. The van der Waals surface area contributed by atoms with Gasteiger partial charge in [-0.15, -0.1) is 47.4 Å². The number of benzene rings is 1. The maximum atomic E-state index is 6.49. The maximum absolute atomic E-state index is 6.49. The number of nitrogens with zero attached hydrogens (tertiary/aromatic N) is 7. The molecule has 2 aromatic heterocycles. The second-order valence-electron chi connectivity index (χ2n) is 10.5. The Balaban J connectivity index is 0.00000133. The number of piperidine rings is 1. The Morgan fingerprint density at radius 1 is 0.921 bits per heavy atom. The molecule has 11 heteroatoms. The van der Waals surface area contributed by atoms with Crippen molar-refractivity contribution >= 4 is 54.6 Å². The molecule has 6 rings (SSSR count). The van der Waals surface area contributed by atoms with E-state index >= 15 is 0 Å². The number of aromatic nitrogens is 4. The zero-order valence-electron chi connectivity index (χ0n) is 21.9. The number of fused-ring (bicyclic) bond motifs is 3. The van der Waals surface area contributed by atoms with Crippen molar-refractivity contribution in [3.8, 4) is 5.69 Å². The van der Waals surface area contributed by atoms with Gasteiger partial charge in [0.2, 0.25) is 0 Å². The van der Waals surface area contributed by atoms with Gasteiger partial charge in [0, 0.05) is 61.9 Å². The zero-order valence-corrected chi connectivity index (χ0v) is 25.1. The van der Waals surface area contributed by atoms with Crippen molar-refractivity contribution in [1.82, 2.24) is 29.5 Å². The smallest absolute Gasteiger partial charge is 0.151 e. The first-order chi connectivity index (χ1) is 17.1. The monoisotopic (exact) mass is 599 g/mol. The van der Waals surface area contributed by atoms with Gasteiger partial charge in [-0.2, -0.15) is 0 Å².